The van der Waals surface area contributed by atoms with E-state index in [0.29, 0.717) is 17.6 Å². The van der Waals surface area contributed by atoms with Gasteiger partial charge in [-0.25, -0.2) is 14.8 Å². The molecule has 0 saturated heterocycles. The number of nitrogens with zero attached hydrogens (tertiary/aromatic N) is 2. The zero-order valence-electron chi connectivity index (χ0n) is 12.6. The van der Waals surface area contributed by atoms with Crippen LogP contribution >= 0.6 is 0 Å². The molecule has 5 heteroatoms. The highest BCUT2D eigenvalue weighted by atomic mass is 16.4. The maximum atomic E-state index is 11.2. The van der Waals surface area contributed by atoms with Crippen molar-refractivity contribution in [3.05, 3.63) is 46.8 Å². The number of carboxylic acids is 1. The Labute approximate surface area is 124 Å². The van der Waals surface area contributed by atoms with Crippen LogP contribution in [0, 0.1) is 13.8 Å². The fourth-order valence-electron chi connectivity index (χ4n) is 2.00. The zero-order valence-corrected chi connectivity index (χ0v) is 12.6. The molecular formula is C16H19N3O2. The van der Waals surface area contributed by atoms with Crippen molar-refractivity contribution in [2.75, 3.05) is 5.32 Å². The molecule has 0 aliphatic carbocycles. The number of aromatic carboxylic acids is 1. The molecule has 1 aromatic carbocycles. The normalized spacial score (nSPS) is 10.7. The first kappa shape index (κ1) is 15.0. The van der Waals surface area contributed by atoms with E-state index in [0.717, 1.165) is 17.0 Å². The van der Waals surface area contributed by atoms with Gasteiger partial charge in [0.05, 0.1) is 5.56 Å². The van der Waals surface area contributed by atoms with Gasteiger partial charge in [-0.2, -0.15) is 0 Å². The van der Waals surface area contributed by atoms with Crippen LogP contribution in [0.1, 0.15) is 47.1 Å². The van der Waals surface area contributed by atoms with Crippen LogP contribution in [0.25, 0.3) is 0 Å². The number of aromatic nitrogens is 2. The summed E-state index contributed by atoms with van der Waals surface area (Å²) in [5.41, 5.74) is 3.49. The molecule has 0 aliphatic heterocycles. The molecule has 0 fully saturated rings. The molecule has 2 rings (SSSR count). The first-order valence-electron chi connectivity index (χ1n) is 6.83. The van der Waals surface area contributed by atoms with Gasteiger partial charge < -0.3 is 10.4 Å². The summed E-state index contributed by atoms with van der Waals surface area (Å²) in [6.07, 6.45) is 0. The van der Waals surface area contributed by atoms with E-state index in [4.69, 9.17) is 5.11 Å². The minimum atomic E-state index is -0.941. The predicted octanol–water partition coefficient (Wildman–Crippen LogP) is 3.66. The minimum Gasteiger partial charge on any atom is -0.478 e. The molecule has 0 radical (unpaired) electrons. The molecule has 0 unspecified atom stereocenters. The Morgan fingerprint density at radius 1 is 1.19 bits per heavy atom. The minimum absolute atomic E-state index is 0.275. The number of rotatable bonds is 4. The molecule has 0 saturated carbocycles. The molecule has 0 aliphatic rings. The van der Waals surface area contributed by atoms with E-state index in [9.17, 15) is 4.79 Å². The van der Waals surface area contributed by atoms with Gasteiger partial charge in [-0.1, -0.05) is 19.9 Å². The number of hydrogen-bond donors (Lipinski definition) is 2. The van der Waals surface area contributed by atoms with E-state index < -0.39 is 5.97 Å². The van der Waals surface area contributed by atoms with Crippen molar-refractivity contribution in [3.63, 3.8) is 0 Å². The molecule has 1 heterocycles. The fraction of sp³-hybridized carbons (Fsp3) is 0.312. The number of nitrogens with one attached hydrogen (secondary N) is 1. The highest BCUT2D eigenvalue weighted by Crippen LogP contribution is 2.20. The first-order chi connectivity index (χ1) is 9.86. The number of anilines is 2. The summed E-state index contributed by atoms with van der Waals surface area (Å²) in [6, 6.07) is 7.14. The molecule has 2 N–H and O–H groups in total. The van der Waals surface area contributed by atoms with E-state index in [1.165, 1.54) is 0 Å². The van der Waals surface area contributed by atoms with Gasteiger partial charge in [0.1, 0.15) is 0 Å². The third-order valence-corrected chi connectivity index (χ3v) is 3.19. The standard InChI is InChI=1S/C16H19N3O2/c1-9(2)14-7-11(4)17-16(19-14)18-12-6-5-10(3)13(8-12)15(20)21/h5-9H,1-4H3,(H,20,21)(H,17,18,19). The third-order valence-electron chi connectivity index (χ3n) is 3.19. The lowest BCUT2D eigenvalue weighted by Gasteiger charge is -2.11. The average Bonchev–Trinajstić information content (AvgIpc) is 2.40. The van der Waals surface area contributed by atoms with Crippen molar-refractivity contribution in [2.24, 2.45) is 0 Å². The Bertz CT molecular complexity index is 681. The molecule has 2 aromatic rings. The summed E-state index contributed by atoms with van der Waals surface area (Å²) in [5, 5.41) is 12.2. The maximum Gasteiger partial charge on any atom is 0.336 e. The molecule has 5 nitrogen and oxygen atoms in total. The second kappa shape index (κ2) is 5.91. The van der Waals surface area contributed by atoms with E-state index in [1.54, 1.807) is 19.1 Å². The van der Waals surface area contributed by atoms with E-state index >= 15 is 0 Å². The zero-order chi connectivity index (χ0) is 15.6. The van der Waals surface area contributed by atoms with Crippen molar-refractivity contribution in [1.29, 1.82) is 0 Å². The molecular weight excluding hydrogens is 266 g/mol. The molecule has 1 aromatic heterocycles. The predicted molar refractivity (Wildman–Crippen MR) is 82.3 cm³/mol. The second-order valence-electron chi connectivity index (χ2n) is 5.37. The topological polar surface area (TPSA) is 75.1 Å². The van der Waals surface area contributed by atoms with Gasteiger partial charge in [0.2, 0.25) is 5.95 Å². The highest BCUT2D eigenvalue weighted by molar-refractivity contribution is 5.90. The summed E-state index contributed by atoms with van der Waals surface area (Å²) < 4.78 is 0. The van der Waals surface area contributed by atoms with Gasteiger partial charge in [0, 0.05) is 17.1 Å². The van der Waals surface area contributed by atoms with Gasteiger partial charge in [0.25, 0.3) is 0 Å². The van der Waals surface area contributed by atoms with Crippen LogP contribution in [0.3, 0.4) is 0 Å². The lowest BCUT2D eigenvalue weighted by molar-refractivity contribution is 0.0696. The van der Waals surface area contributed by atoms with Gasteiger partial charge in [0.15, 0.2) is 0 Å². The summed E-state index contributed by atoms with van der Waals surface area (Å²) in [6.45, 7) is 7.82. The fourth-order valence-corrected chi connectivity index (χ4v) is 2.00. The van der Waals surface area contributed by atoms with Crippen LogP contribution in [0.2, 0.25) is 0 Å². The molecule has 0 bridgehead atoms. The summed E-state index contributed by atoms with van der Waals surface area (Å²) in [7, 11) is 0. The Balaban J connectivity index is 2.34. The Morgan fingerprint density at radius 3 is 2.52 bits per heavy atom. The Hall–Kier alpha value is -2.43. The van der Waals surface area contributed by atoms with Crippen molar-refractivity contribution in [3.8, 4) is 0 Å². The quantitative estimate of drug-likeness (QED) is 0.896. The lowest BCUT2D eigenvalue weighted by Crippen LogP contribution is -2.05. The summed E-state index contributed by atoms with van der Waals surface area (Å²) in [4.78, 5) is 20.0. The second-order valence-corrected chi connectivity index (χ2v) is 5.37. The van der Waals surface area contributed by atoms with Crippen molar-refractivity contribution in [2.45, 2.75) is 33.6 Å². The number of aryl methyl sites for hydroxylation is 2. The number of benzene rings is 1. The van der Waals surface area contributed by atoms with Crippen molar-refractivity contribution < 1.29 is 9.90 Å². The SMILES string of the molecule is Cc1cc(C(C)C)nc(Nc2ccc(C)c(C(=O)O)c2)n1. The van der Waals surface area contributed by atoms with E-state index in [-0.39, 0.29) is 5.56 Å². The molecule has 0 spiro atoms. The van der Waals surface area contributed by atoms with Crippen molar-refractivity contribution >= 4 is 17.6 Å². The molecule has 21 heavy (non-hydrogen) atoms. The van der Waals surface area contributed by atoms with Crippen molar-refractivity contribution in [1.82, 2.24) is 9.97 Å². The van der Waals surface area contributed by atoms with Crippen LogP contribution in [-0.4, -0.2) is 21.0 Å². The molecule has 0 atom stereocenters. The van der Waals surface area contributed by atoms with Crippen LogP contribution in [0.4, 0.5) is 11.6 Å². The van der Waals surface area contributed by atoms with Crippen LogP contribution in [0.5, 0.6) is 0 Å². The smallest absolute Gasteiger partial charge is 0.336 e. The Morgan fingerprint density at radius 2 is 1.90 bits per heavy atom. The Kier molecular flexibility index (Phi) is 4.21. The van der Waals surface area contributed by atoms with Crippen LogP contribution < -0.4 is 5.32 Å². The van der Waals surface area contributed by atoms with Crippen LogP contribution in [-0.2, 0) is 0 Å². The largest absolute Gasteiger partial charge is 0.478 e. The van der Waals surface area contributed by atoms with Crippen LogP contribution in [0.15, 0.2) is 24.3 Å². The van der Waals surface area contributed by atoms with Gasteiger partial charge in [-0.3, -0.25) is 0 Å². The van der Waals surface area contributed by atoms with Gasteiger partial charge in [-0.05, 0) is 43.5 Å². The number of carbonyl (C=O) groups is 1. The average molecular weight is 285 g/mol. The summed E-state index contributed by atoms with van der Waals surface area (Å²) >= 11 is 0. The summed E-state index contributed by atoms with van der Waals surface area (Å²) in [5.74, 6) is -0.150. The number of carboxylic acid groups (broad SMARTS) is 1. The molecule has 110 valence electrons. The van der Waals surface area contributed by atoms with Gasteiger partial charge >= 0.3 is 5.97 Å². The first-order valence-corrected chi connectivity index (χ1v) is 6.83. The number of hydrogen-bond acceptors (Lipinski definition) is 4. The molecule has 0 amide bonds. The monoisotopic (exact) mass is 285 g/mol. The van der Waals surface area contributed by atoms with Gasteiger partial charge in [-0.15, -0.1) is 0 Å². The lowest BCUT2D eigenvalue weighted by atomic mass is 10.1. The highest BCUT2D eigenvalue weighted by Gasteiger charge is 2.10. The van der Waals surface area contributed by atoms with E-state index in [2.05, 4.69) is 29.1 Å². The third kappa shape index (κ3) is 3.56. The maximum absolute atomic E-state index is 11.2. The van der Waals surface area contributed by atoms with E-state index in [1.807, 2.05) is 19.1 Å².